The van der Waals surface area contributed by atoms with E-state index in [1.54, 1.807) is 30.3 Å². The van der Waals surface area contributed by atoms with E-state index in [4.69, 9.17) is 0 Å². The van der Waals surface area contributed by atoms with Crippen LogP contribution in [0, 0.1) is 10.1 Å². The molecule has 2 aromatic rings. The smallest absolute Gasteiger partial charge is 0.337 e. The molecule has 0 N–H and O–H groups in total. The lowest BCUT2D eigenvalue weighted by molar-refractivity contribution is -0.385. The Balaban J connectivity index is 0.000000211. The van der Waals surface area contributed by atoms with Crippen molar-refractivity contribution in [2.45, 2.75) is 0 Å². The second kappa shape index (κ2) is 8.21. The number of ether oxygens (including phenoxy) is 1. The summed E-state index contributed by atoms with van der Waals surface area (Å²) < 4.78 is 4.50. The molecule has 0 aliphatic heterocycles. The van der Waals surface area contributed by atoms with Gasteiger partial charge in [-0.2, -0.15) is 0 Å². The molecule has 0 aromatic heterocycles. The Kier molecular flexibility index (Phi) is 6.27. The summed E-state index contributed by atoms with van der Waals surface area (Å²) in [6.07, 6.45) is 1.49. The number of rotatable bonds is 3. The number of esters is 1. The molecular weight excluding hydrogens is 274 g/mol. The summed E-state index contributed by atoms with van der Waals surface area (Å²) in [6, 6.07) is 14.5. The van der Waals surface area contributed by atoms with Gasteiger partial charge in [0, 0.05) is 6.07 Å². The molecular formula is C15H12NO5. The van der Waals surface area contributed by atoms with Crippen molar-refractivity contribution in [2.24, 2.45) is 0 Å². The van der Waals surface area contributed by atoms with Gasteiger partial charge in [0.2, 0.25) is 6.29 Å². The molecule has 0 saturated heterocycles. The molecule has 0 spiro atoms. The number of methoxy groups -OCH3 is 1. The number of hydrogen-bond donors (Lipinski definition) is 0. The molecule has 6 nitrogen and oxygen atoms in total. The largest absolute Gasteiger partial charge is 0.465 e. The van der Waals surface area contributed by atoms with Crippen molar-refractivity contribution in [1.29, 1.82) is 0 Å². The molecule has 2 aromatic carbocycles. The lowest BCUT2D eigenvalue weighted by atomic mass is 10.2. The Morgan fingerprint density at radius 1 is 1.10 bits per heavy atom. The van der Waals surface area contributed by atoms with Gasteiger partial charge in [0.1, 0.15) is 5.56 Å². The van der Waals surface area contributed by atoms with E-state index < -0.39 is 4.92 Å². The van der Waals surface area contributed by atoms with Crippen molar-refractivity contribution >= 4 is 17.9 Å². The van der Waals surface area contributed by atoms with Gasteiger partial charge in [-0.3, -0.25) is 14.9 Å². The highest BCUT2D eigenvalue weighted by molar-refractivity contribution is 5.89. The molecule has 0 unspecified atom stereocenters. The Labute approximate surface area is 121 Å². The fourth-order valence-electron chi connectivity index (χ4n) is 1.41. The van der Waals surface area contributed by atoms with Crippen LogP contribution in [0.1, 0.15) is 15.9 Å². The van der Waals surface area contributed by atoms with Gasteiger partial charge in [-0.05, 0) is 18.2 Å². The Morgan fingerprint density at radius 2 is 1.67 bits per heavy atom. The van der Waals surface area contributed by atoms with Crippen molar-refractivity contribution in [2.75, 3.05) is 7.11 Å². The van der Waals surface area contributed by atoms with E-state index >= 15 is 0 Å². The van der Waals surface area contributed by atoms with Gasteiger partial charge < -0.3 is 4.74 Å². The Morgan fingerprint density at radius 3 is 2.14 bits per heavy atom. The van der Waals surface area contributed by atoms with Gasteiger partial charge in [-0.25, -0.2) is 4.79 Å². The third kappa shape index (κ3) is 4.87. The number of benzene rings is 2. The minimum Gasteiger partial charge on any atom is -0.465 e. The first-order valence-corrected chi connectivity index (χ1v) is 5.85. The van der Waals surface area contributed by atoms with Crippen LogP contribution < -0.4 is 0 Å². The highest BCUT2D eigenvalue weighted by atomic mass is 16.6. The topological polar surface area (TPSA) is 86.5 Å². The molecule has 0 aliphatic carbocycles. The maximum absolute atomic E-state index is 10.8. The first-order valence-electron chi connectivity index (χ1n) is 5.85. The van der Waals surface area contributed by atoms with Crippen molar-refractivity contribution in [3.8, 4) is 0 Å². The van der Waals surface area contributed by atoms with Gasteiger partial charge in [0.05, 0.1) is 17.6 Å². The lowest BCUT2D eigenvalue weighted by Crippen LogP contribution is -1.99. The summed E-state index contributed by atoms with van der Waals surface area (Å²) in [7, 11) is 1.37. The average molecular weight is 286 g/mol. The van der Waals surface area contributed by atoms with Gasteiger partial charge in [0.25, 0.3) is 5.69 Å². The highest BCUT2D eigenvalue weighted by Gasteiger charge is 2.10. The zero-order chi connectivity index (χ0) is 15.7. The molecule has 0 heterocycles. The first-order chi connectivity index (χ1) is 10.1. The molecule has 0 atom stereocenters. The van der Waals surface area contributed by atoms with Crippen LogP contribution in [0.4, 0.5) is 5.69 Å². The van der Waals surface area contributed by atoms with Gasteiger partial charge >= 0.3 is 5.97 Å². The van der Waals surface area contributed by atoms with E-state index in [9.17, 15) is 19.7 Å². The summed E-state index contributed by atoms with van der Waals surface area (Å²) >= 11 is 0. The molecule has 1 radical (unpaired) electrons. The number of nitro groups is 1. The maximum Gasteiger partial charge on any atom is 0.337 e. The summed E-state index contributed by atoms with van der Waals surface area (Å²) in [5, 5.41) is 10.2. The van der Waals surface area contributed by atoms with Crippen molar-refractivity contribution in [3.05, 3.63) is 75.8 Å². The SMILES string of the molecule is COC(=O)c1ccccc1.O=[C]c1ccccc1[N+](=O)[O-]. The van der Waals surface area contributed by atoms with Crippen LogP contribution in [0.2, 0.25) is 0 Å². The Bertz CT molecular complexity index is 625. The van der Waals surface area contributed by atoms with Crippen LogP contribution in [0.25, 0.3) is 0 Å². The Hall–Kier alpha value is -3.02. The second-order valence-corrected chi connectivity index (χ2v) is 3.73. The van der Waals surface area contributed by atoms with E-state index in [1.165, 1.54) is 31.6 Å². The predicted molar refractivity (Wildman–Crippen MR) is 75.7 cm³/mol. The minimum absolute atomic E-state index is 0.0162. The second-order valence-electron chi connectivity index (χ2n) is 3.73. The monoisotopic (exact) mass is 286 g/mol. The van der Waals surface area contributed by atoms with Crippen LogP contribution in [0.3, 0.4) is 0 Å². The fraction of sp³-hybridized carbons (Fsp3) is 0.0667. The zero-order valence-electron chi connectivity index (χ0n) is 11.2. The molecule has 0 aliphatic rings. The summed E-state index contributed by atoms with van der Waals surface area (Å²) in [4.78, 5) is 30.5. The first kappa shape index (κ1) is 16.0. The third-order valence-electron chi connectivity index (χ3n) is 2.41. The van der Waals surface area contributed by atoms with E-state index in [1.807, 2.05) is 6.07 Å². The van der Waals surface area contributed by atoms with Crippen LogP contribution in [0.5, 0.6) is 0 Å². The fourth-order valence-corrected chi connectivity index (χ4v) is 1.41. The van der Waals surface area contributed by atoms with Crippen molar-refractivity contribution in [3.63, 3.8) is 0 Å². The highest BCUT2D eigenvalue weighted by Crippen LogP contribution is 2.14. The van der Waals surface area contributed by atoms with Gasteiger partial charge in [-0.15, -0.1) is 0 Å². The van der Waals surface area contributed by atoms with E-state index in [-0.39, 0.29) is 17.2 Å². The van der Waals surface area contributed by atoms with Crippen LogP contribution in [-0.4, -0.2) is 24.3 Å². The van der Waals surface area contributed by atoms with Gasteiger partial charge in [0.15, 0.2) is 0 Å². The number of nitrogens with zero attached hydrogens (tertiary/aromatic N) is 1. The minimum atomic E-state index is -0.611. The molecule has 107 valence electrons. The quantitative estimate of drug-likeness (QED) is 0.491. The number of carbonyl (C=O) groups is 1. The summed E-state index contributed by atoms with van der Waals surface area (Å²) in [6.45, 7) is 0. The molecule has 0 saturated carbocycles. The van der Waals surface area contributed by atoms with E-state index in [0.29, 0.717) is 5.56 Å². The average Bonchev–Trinajstić information content (AvgIpc) is 2.55. The van der Waals surface area contributed by atoms with E-state index in [2.05, 4.69) is 4.74 Å². The molecule has 2 rings (SSSR count). The van der Waals surface area contributed by atoms with E-state index in [0.717, 1.165) is 0 Å². The summed E-state index contributed by atoms with van der Waals surface area (Å²) in [5.41, 5.74) is 0.366. The molecule has 0 fully saturated rings. The zero-order valence-corrected chi connectivity index (χ0v) is 11.2. The number of nitro benzene ring substituents is 1. The van der Waals surface area contributed by atoms with Crippen LogP contribution >= 0.6 is 0 Å². The van der Waals surface area contributed by atoms with Crippen molar-refractivity contribution < 1.29 is 19.2 Å². The molecule has 0 bridgehead atoms. The van der Waals surface area contributed by atoms with Gasteiger partial charge in [-0.1, -0.05) is 30.3 Å². The van der Waals surface area contributed by atoms with Crippen LogP contribution in [0.15, 0.2) is 54.6 Å². The molecule has 21 heavy (non-hydrogen) atoms. The summed E-state index contributed by atoms with van der Waals surface area (Å²) in [5.74, 6) is -0.291. The maximum atomic E-state index is 10.8. The number of para-hydroxylation sites is 1. The predicted octanol–water partition coefficient (Wildman–Crippen LogP) is 2.53. The number of carbonyl (C=O) groups excluding carboxylic acids is 2. The van der Waals surface area contributed by atoms with Crippen LogP contribution in [-0.2, 0) is 9.53 Å². The standard InChI is InChI=1S/C8H8O2.C7H4NO3/c1-10-8(9)7-5-3-2-4-6-7;9-5-6-3-1-2-4-7(6)8(10)11/h2-6H,1H3;1-4H. The molecule has 6 heteroatoms. The normalized spacial score (nSPS) is 9.00. The van der Waals surface area contributed by atoms with Crippen molar-refractivity contribution in [1.82, 2.24) is 0 Å². The third-order valence-corrected chi connectivity index (χ3v) is 2.41. The number of hydrogen-bond acceptors (Lipinski definition) is 5. The molecule has 0 amide bonds. The lowest BCUT2D eigenvalue weighted by Gasteiger charge is -1.95.